The van der Waals surface area contributed by atoms with Gasteiger partial charge in [0.1, 0.15) is 0 Å². The molecule has 1 radical (unpaired) electrons. The summed E-state index contributed by atoms with van der Waals surface area (Å²) in [6.07, 6.45) is 0. The highest BCUT2D eigenvalue weighted by Crippen LogP contribution is 2.20. The lowest BCUT2D eigenvalue weighted by atomic mass is 9.87. The molecule has 0 spiro atoms. The van der Waals surface area contributed by atoms with Crippen molar-refractivity contribution >= 4 is 29.6 Å². The molecule has 0 bridgehead atoms. The molecule has 93 valence electrons. The fourth-order valence-corrected chi connectivity index (χ4v) is 3.95. The molecule has 2 aromatic rings. The number of halogens is 1. The van der Waals surface area contributed by atoms with Crippen molar-refractivity contribution in [2.45, 2.75) is 26.2 Å². The van der Waals surface area contributed by atoms with Crippen LogP contribution in [0, 0.1) is 0 Å². The van der Waals surface area contributed by atoms with Gasteiger partial charge in [0.25, 0.3) is 0 Å². The van der Waals surface area contributed by atoms with E-state index in [2.05, 4.69) is 69.3 Å². The predicted molar refractivity (Wildman–Crippen MR) is 82.5 cm³/mol. The molecule has 0 fully saturated rings. The fraction of sp³-hybridized carbons (Fsp3) is 0.250. The molecule has 2 rings (SSSR count). The van der Waals surface area contributed by atoms with Crippen LogP contribution < -0.4 is 10.4 Å². The van der Waals surface area contributed by atoms with Gasteiger partial charge in [-0.05, 0) is 21.4 Å². The molecule has 0 amide bonds. The van der Waals surface area contributed by atoms with Gasteiger partial charge in [0.05, 0.1) is 0 Å². The van der Waals surface area contributed by atoms with Gasteiger partial charge < -0.3 is 0 Å². The van der Waals surface area contributed by atoms with Crippen LogP contribution in [0.4, 0.5) is 0 Å². The van der Waals surface area contributed by atoms with E-state index in [4.69, 9.17) is 11.1 Å². The second kappa shape index (κ2) is 5.29. The smallest absolute Gasteiger partial charge is 0.156 e. The molecule has 0 aliphatic carbocycles. The number of hydrogen-bond donors (Lipinski definition) is 0. The van der Waals surface area contributed by atoms with Gasteiger partial charge in [-0.1, -0.05) is 75.4 Å². The van der Waals surface area contributed by atoms with E-state index in [1.165, 1.54) is 15.9 Å². The van der Waals surface area contributed by atoms with Crippen molar-refractivity contribution in [2.75, 3.05) is 0 Å². The van der Waals surface area contributed by atoms with Crippen LogP contribution in [0.1, 0.15) is 26.3 Å². The Morgan fingerprint density at radius 2 is 1.44 bits per heavy atom. The molecule has 0 aliphatic heterocycles. The molecular weight excluding hydrogens is 256 g/mol. The Kier molecular flexibility index (Phi) is 3.93. The maximum absolute atomic E-state index is 6.66. The van der Waals surface area contributed by atoms with Crippen molar-refractivity contribution in [2.24, 2.45) is 0 Å². The average molecular weight is 274 g/mol. The summed E-state index contributed by atoms with van der Waals surface area (Å²) in [5, 5.41) is 2.51. The summed E-state index contributed by atoms with van der Waals surface area (Å²) in [6, 6.07) is 19.1. The fourth-order valence-electron chi connectivity index (χ4n) is 1.87. The Balaban J connectivity index is 2.35. The maximum Gasteiger partial charge on any atom is 0.234 e. The summed E-state index contributed by atoms with van der Waals surface area (Å²) >= 11 is 6.66. The minimum absolute atomic E-state index is 0.172. The molecule has 0 atom stereocenters. The van der Waals surface area contributed by atoms with Crippen molar-refractivity contribution < 1.29 is 0 Å². The molecule has 0 N–H and O–H groups in total. The molecule has 0 saturated carbocycles. The summed E-state index contributed by atoms with van der Waals surface area (Å²) in [4.78, 5) is 0. The summed E-state index contributed by atoms with van der Waals surface area (Å²) in [7, 11) is -1.15. The van der Waals surface area contributed by atoms with Gasteiger partial charge in [0, 0.05) is 0 Å². The van der Waals surface area contributed by atoms with Crippen LogP contribution in [0.5, 0.6) is 0 Å². The first-order valence-electron chi connectivity index (χ1n) is 6.17. The van der Waals surface area contributed by atoms with Gasteiger partial charge in [-0.25, -0.2) is 0 Å². The van der Waals surface area contributed by atoms with Crippen molar-refractivity contribution in [3.63, 3.8) is 0 Å². The minimum atomic E-state index is -1.15. The zero-order valence-corrected chi connectivity index (χ0v) is 12.8. The van der Waals surface area contributed by atoms with Crippen LogP contribution in [-0.2, 0) is 5.41 Å². The Hall–Kier alpha value is -1.05. The van der Waals surface area contributed by atoms with E-state index >= 15 is 0 Å². The van der Waals surface area contributed by atoms with Gasteiger partial charge in [-0.2, -0.15) is 11.1 Å². The van der Waals surface area contributed by atoms with Gasteiger partial charge in [-0.3, -0.25) is 0 Å². The topological polar surface area (TPSA) is 0 Å². The first-order chi connectivity index (χ1) is 8.48. The summed E-state index contributed by atoms with van der Waals surface area (Å²) in [5.41, 5.74) is 1.52. The Morgan fingerprint density at radius 1 is 0.833 bits per heavy atom. The monoisotopic (exact) mass is 273 g/mol. The van der Waals surface area contributed by atoms with Crippen LogP contribution in [0.2, 0.25) is 0 Å². The van der Waals surface area contributed by atoms with E-state index in [1.54, 1.807) is 0 Å². The maximum atomic E-state index is 6.66. The van der Waals surface area contributed by atoms with Crippen LogP contribution in [0.3, 0.4) is 0 Å². The molecule has 0 nitrogen and oxygen atoms in total. The highest BCUT2D eigenvalue weighted by molar-refractivity contribution is 7.21. The van der Waals surface area contributed by atoms with Crippen LogP contribution >= 0.6 is 11.1 Å². The lowest BCUT2D eigenvalue weighted by molar-refractivity contribution is 0.591. The van der Waals surface area contributed by atoms with Crippen LogP contribution in [0.15, 0.2) is 54.6 Å². The Labute approximate surface area is 116 Å². The first-order valence-corrected chi connectivity index (χ1v) is 8.68. The minimum Gasteiger partial charge on any atom is -0.156 e. The Morgan fingerprint density at radius 3 is 2.06 bits per heavy atom. The van der Waals surface area contributed by atoms with E-state index in [0.29, 0.717) is 0 Å². The molecule has 0 aromatic heterocycles. The van der Waals surface area contributed by atoms with Crippen molar-refractivity contribution in [3.05, 3.63) is 60.2 Å². The first kappa shape index (κ1) is 13.4. The van der Waals surface area contributed by atoms with E-state index in [-0.39, 0.29) is 5.41 Å². The van der Waals surface area contributed by atoms with Gasteiger partial charge >= 0.3 is 0 Å². The third-order valence-corrected chi connectivity index (χ3v) is 5.98. The summed E-state index contributed by atoms with van der Waals surface area (Å²) < 4.78 is 0. The number of hydrogen-bond acceptors (Lipinski definition) is 0. The lowest BCUT2D eigenvalue weighted by Crippen LogP contribution is -2.37. The predicted octanol–water partition coefficient (Wildman–Crippen LogP) is 3.33. The quantitative estimate of drug-likeness (QED) is 0.582. The summed E-state index contributed by atoms with van der Waals surface area (Å²) in [6.45, 7) is 6.69. The van der Waals surface area contributed by atoms with Gasteiger partial charge in [-0.15, -0.1) is 0 Å². The molecule has 18 heavy (non-hydrogen) atoms. The second-order valence-corrected chi connectivity index (χ2v) is 8.43. The SMILES string of the molecule is CC(C)(C)c1cccc([Si](Cl)c2ccccc2)c1. The number of benzene rings is 2. The van der Waals surface area contributed by atoms with E-state index in [1.807, 2.05) is 6.07 Å². The molecule has 2 heteroatoms. The van der Waals surface area contributed by atoms with E-state index in [0.717, 1.165) is 0 Å². The van der Waals surface area contributed by atoms with E-state index in [9.17, 15) is 0 Å². The molecule has 0 aliphatic rings. The standard InChI is InChI=1S/C16H18ClSi/c1-16(2,3)13-8-7-11-15(12-13)18(17)14-9-5-4-6-10-14/h4-12H,1-3H3. The van der Waals surface area contributed by atoms with Crippen molar-refractivity contribution in [3.8, 4) is 0 Å². The summed E-state index contributed by atoms with van der Waals surface area (Å²) in [5.74, 6) is 0. The van der Waals surface area contributed by atoms with Crippen LogP contribution in [0.25, 0.3) is 0 Å². The third kappa shape index (κ3) is 3.04. The van der Waals surface area contributed by atoms with E-state index < -0.39 is 8.11 Å². The number of rotatable bonds is 2. The largest absolute Gasteiger partial charge is 0.234 e. The van der Waals surface area contributed by atoms with Gasteiger partial charge in [0.2, 0.25) is 8.11 Å². The molecule has 0 heterocycles. The Bertz CT molecular complexity index is 514. The molecular formula is C16H18ClSi. The highest BCUT2D eigenvalue weighted by Gasteiger charge is 2.18. The molecule has 0 unspecified atom stereocenters. The average Bonchev–Trinajstić information content (AvgIpc) is 2.38. The van der Waals surface area contributed by atoms with Crippen molar-refractivity contribution in [1.29, 1.82) is 0 Å². The zero-order valence-electron chi connectivity index (χ0n) is 11.1. The highest BCUT2D eigenvalue weighted by atomic mass is 35.6. The normalized spacial score (nSPS) is 11.8. The second-order valence-electron chi connectivity index (χ2n) is 5.51. The molecule has 2 aromatic carbocycles. The van der Waals surface area contributed by atoms with Crippen LogP contribution in [-0.4, -0.2) is 8.11 Å². The van der Waals surface area contributed by atoms with Gasteiger partial charge in [0.15, 0.2) is 0 Å². The molecule has 0 saturated heterocycles. The van der Waals surface area contributed by atoms with Crippen molar-refractivity contribution in [1.82, 2.24) is 0 Å². The lowest BCUT2D eigenvalue weighted by Gasteiger charge is -2.20. The third-order valence-electron chi connectivity index (χ3n) is 3.01. The zero-order chi connectivity index (χ0) is 13.2.